The van der Waals surface area contributed by atoms with Crippen LogP contribution in [0.25, 0.3) is 0 Å². The van der Waals surface area contributed by atoms with Gasteiger partial charge in [0.25, 0.3) is 11.8 Å². The Morgan fingerprint density at radius 3 is 2.52 bits per heavy atom. The Morgan fingerprint density at radius 1 is 1.16 bits per heavy atom. The van der Waals surface area contributed by atoms with E-state index in [2.05, 4.69) is 10.3 Å². The number of nitrogens with zero attached hydrogens (tertiary/aromatic N) is 2. The van der Waals surface area contributed by atoms with Crippen molar-refractivity contribution in [2.45, 2.75) is 27.3 Å². The number of hydrogen-bond donors (Lipinski definition) is 1. The molecule has 0 aliphatic carbocycles. The Labute approximate surface area is 149 Å². The minimum Gasteiger partial charge on any atom is -0.352 e. The third kappa shape index (κ3) is 5.41. The quantitative estimate of drug-likeness (QED) is 0.843. The number of hydrogen-bond acceptors (Lipinski definition) is 3. The van der Waals surface area contributed by atoms with Crippen LogP contribution in [0.15, 0.2) is 48.7 Å². The van der Waals surface area contributed by atoms with Crippen LogP contribution in [0.3, 0.4) is 0 Å². The van der Waals surface area contributed by atoms with E-state index < -0.39 is 0 Å². The number of amides is 2. The summed E-state index contributed by atoms with van der Waals surface area (Å²) >= 11 is 0. The maximum absolute atomic E-state index is 12.8. The summed E-state index contributed by atoms with van der Waals surface area (Å²) in [5.41, 5.74) is 1.80. The second kappa shape index (κ2) is 8.97. The molecule has 0 saturated carbocycles. The smallest absolute Gasteiger partial charge is 0.272 e. The highest BCUT2D eigenvalue weighted by atomic mass is 16.2. The van der Waals surface area contributed by atoms with Crippen LogP contribution in [0, 0.1) is 5.92 Å². The maximum atomic E-state index is 12.8. The first-order valence-corrected chi connectivity index (χ1v) is 8.58. The van der Waals surface area contributed by atoms with E-state index in [1.165, 1.54) is 6.20 Å². The minimum absolute atomic E-state index is 0.176. The molecule has 2 aromatic rings. The van der Waals surface area contributed by atoms with Crippen LogP contribution in [0.5, 0.6) is 0 Å². The molecule has 1 aromatic heterocycles. The lowest BCUT2D eigenvalue weighted by molar-refractivity contribution is 0.0746. The predicted octanol–water partition coefficient (Wildman–Crippen LogP) is 3.13. The molecule has 0 unspecified atom stereocenters. The van der Waals surface area contributed by atoms with Crippen molar-refractivity contribution in [1.29, 1.82) is 0 Å². The molecule has 0 radical (unpaired) electrons. The van der Waals surface area contributed by atoms with Crippen LogP contribution in [-0.2, 0) is 6.54 Å². The molecule has 0 aliphatic heterocycles. The van der Waals surface area contributed by atoms with E-state index in [0.717, 1.165) is 5.56 Å². The van der Waals surface area contributed by atoms with Gasteiger partial charge in [0.05, 0.1) is 0 Å². The Hall–Kier alpha value is -2.69. The molecular formula is C20H25N3O2. The second-order valence-electron chi connectivity index (χ2n) is 6.34. The number of rotatable bonds is 7. The average molecular weight is 339 g/mol. The first kappa shape index (κ1) is 18.6. The highest BCUT2D eigenvalue weighted by Crippen LogP contribution is 2.10. The largest absolute Gasteiger partial charge is 0.352 e. The fraction of sp³-hybridized carbons (Fsp3) is 0.350. The van der Waals surface area contributed by atoms with Gasteiger partial charge in [0.2, 0.25) is 0 Å². The van der Waals surface area contributed by atoms with Crippen molar-refractivity contribution in [3.8, 4) is 0 Å². The Morgan fingerprint density at radius 2 is 1.88 bits per heavy atom. The lowest BCUT2D eigenvalue weighted by Crippen LogP contribution is -2.32. The first-order valence-electron chi connectivity index (χ1n) is 8.58. The molecule has 2 amide bonds. The fourth-order valence-electron chi connectivity index (χ4n) is 2.38. The van der Waals surface area contributed by atoms with E-state index in [4.69, 9.17) is 0 Å². The molecular weight excluding hydrogens is 314 g/mol. The van der Waals surface area contributed by atoms with Crippen molar-refractivity contribution >= 4 is 11.8 Å². The molecule has 5 nitrogen and oxygen atoms in total. The summed E-state index contributed by atoms with van der Waals surface area (Å²) in [5, 5.41) is 2.86. The molecule has 1 N–H and O–H groups in total. The Balaban J connectivity index is 2.12. The third-order valence-electron chi connectivity index (χ3n) is 3.80. The van der Waals surface area contributed by atoms with Gasteiger partial charge in [-0.2, -0.15) is 0 Å². The molecule has 2 rings (SSSR count). The van der Waals surface area contributed by atoms with Crippen LogP contribution in [0.4, 0.5) is 0 Å². The monoisotopic (exact) mass is 339 g/mol. The topological polar surface area (TPSA) is 62.3 Å². The lowest BCUT2D eigenvalue weighted by Gasteiger charge is -2.20. The van der Waals surface area contributed by atoms with Gasteiger partial charge in [0.15, 0.2) is 0 Å². The summed E-state index contributed by atoms with van der Waals surface area (Å²) in [5.74, 6) is 0.00876. The van der Waals surface area contributed by atoms with Gasteiger partial charge in [0.1, 0.15) is 5.69 Å². The molecule has 0 atom stereocenters. The number of benzene rings is 1. The van der Waals surface area contributed by atoms with E-state index in [1.54, 1.807) is 17.0 Å². The molecule has 0 saturated heterocycles. The number of nitrogens with one attached hydrogen (secondary N) is 1. The molecule has 25 heavy (non-hydrogen) atoms. The Bertz CT molecular complexity index is 714. The molecule has 132 valence electrons. The highest BCUT2D eigenvalue weighted by molar-refractivity contribution is 5.98. The van der Waals surface area contributed by atoms with Crippen LogP contribution >= 0.6 is 0 Å². The molecule has 0 aliphatic rings. The van der Waals surface area contributed by atoms with Gasteiger partial charge in [-0.15, -0.1) is 0 Å². The van der Waals surface area contributed by atoms with Gasteiger partial charge in [0, 0.05) is 31.4 Å². The summed E-state index contributed by atoms with van der Waals surface area (Å²) in [6, 6.07) is 13.0. The van der Waals surface area contributed by atoms with Gasteiger partial charge in [-0.1, -0.05) is 44.2 Å². The normalized spacial score (nSPS) is 10.6. The number of carbonyl (C=O) groups is 2. The van der Waals surface area contributed by atoms with E-state index >= 15 is 0 Å². The van der Waals surface area contributed by atoms with Crippen molar-refractivity contribution in [1.82, 2.24) is 15.2 Å². The van der Waals surface area contributed by atoms with Crippen molar-refractivity contribution < 1.29 is 9.59 Å². The zero-order valence-electron chi connectivity index (χ0n) is 15.0. The Kier molecular flexibility index (Phi) is 6.69. The number of pyridine rings is 1. The number of carbonyl (C=O) groups excluding carboxylic acids is 2. The molecule has 1 aromatic carbocycles. The van der Waals surface area contributed by atoms with Gasteiger partial charge in [-0.05, 0) is 30.5 Å². The van der Waals surface area contributed by atoms with Crippen LogP contribution in [0.2, 0.25) is 0 Å². The summed E-state index contributed by atoms with van der Waals surface area (Å²) < 4.78 is 0. The van der Waals surface area contributed by atoms with E-state index in [1.807, 2.05) is 51.1 Å². The molecule has 0 bridgehead atoms. The average Bonchev–Trinajstić information content (AvgIpc) is 2.64. The van der Waals surface area contributed by atoms with E-state index in [9.17, 15) is 9.59 Å². The minimum atomic E-state index is -0.184. The van der Waals surface area contributed by atoms with Crippen molar-refractivity contribution in [3.63, 3.8) is 0 Å². The van der Waals surface area contributed by atoms with Crippen molar-refractivity contribution in [2.75, 3.05) is 13.1 Å². The lowest BCUT2D eigenvalue weighted by atomic mass is 10.1. The second-order valence-corrected chi connectivity index (χ2v) is 6.34. The molecule has 1 heterocycles. The van der Waals surface area contributed by atoms with Gasteiger partial charge >= 0.3 is 0 Å². The van der Waals surface area contributed by atoms with Gasteiger partial charge in [-0.25, -0.2) is 0 Å². The standard InChI is InChI=1S/C20H25N3O2/c1-4-23(14-16-8-6-5-7-9-16)20(25)18-12-17(10-11-21-18)19(24)22-13-15(2)3/h5-12,15H,4,13-14H2,1-3H3,(H,22,24). The molecule has 0 fully saturated rings. The van der Waals surface area contributed by atoms with Gasteiger partial charge < -0.3 is 10.2 Å². The SMILES string of the molecule is CCN(Cc1ccccc1)C(=O)c1cc(C(=O)NCC(C)C)ccn1. The van der Waals surface area contributed by atoms with E-state index in [-0.39, 0.29) is 17.5 Å². The summed E-state index contributed by atoms with van der Waals surface area (Å²) in [4.78, 5) is 30.8. The summed E-state index contributed by atoms with van der Waals surface area (Å²) in [6.07, 6.45) is 1.51. The number of aromatic nitrogens is 1. The van der Waals surface area contributed by atoms with Crippen molar-refractivity contribution in [2.24, 2.45) is 5.92 Å². The van der Waals surface area contributed by atoms with E-state index in [0.29, 0.717) is 31.1 Å². The maximum Gasteiger partial charge on any atom is 0.272 e. The first-order chi connectivity index (χ1) is 12.0. The highest BCUT2D eigenvalue weighted by Gasteiger charge is 2.17. The van der Waals surface area contributed by atoms with Crippen LogP contribution in [0.1, 0.15) is 47.2 Å². The summed E-state index contributed by atoms with van der Waals surface area (Å²) in [6.45, 7) is 7.68. The van der Waals surface area contributed by atoms with Crippen LogP contribution in [-0.4, -0.2) is 34.8 Å². The van der Waals surface area contributed by atoms with Gasteiger partial charge in [-0.3, -0.25) is 14.6 Å². The molecule has 5 heteroatoms. The zero-order valence-corrected chi connectivity index (χ0v) is 15.0. The zero-order chi connectivity index (χ0) is 18.2. The third-order valence-corrected chi connectivity index (χ3v) is 3.80. The molecule has 0 spiro atoms. The van der Waals surface area contributed by atoms with Crippen LogP contribution < -0.4 is 5.32 Å². The predicted molar refractivity (Wildman–Crippen MR) is 98.3 cm³/mol. The van der Waals surface area contributed by atoms with Crippen molar-refractivity contribution in [3.05, 3.63) is 65.5 Å². The summed E-state index contributed by atoms with van der Waals surface area (Å²) in [7, 11) is 0. The fourth-order valence-corrected chi connectivity index (χ4v) is 2.38.